The average molecular weight is 277 g/mol. The number of amides is 1. The monoisotopic (exact) mass is 277 g/mol. The fourth-order valence-electron chi connectivity index (χ4n) is 3.88. The molecule has 0 aromatic heterocycles. The highest BCUT2D eigenvalue weighted by Crippen LogP contribution is 2.44. The summed E-state index contributed by atoms with van der Waals surface area (Å²) in [4.78, 5) is 12.4. The lowest BCUT2D eigenvalue weighted by Gasteiger charge is -2.20. The molecule has 1 amide bonds. The van der Waals surface area contributed by atoms with Crippen LogP contribution in [0.2, 0.25) is 0 Å². The lowest BCUT2D eigenvalue weighted by molar-refractivity contribution is 0.0919. The Morgan fingerprint density at radius 2 is 2.15 bits per heavy atom. The lowest BCUT2D eigenvalue weighted by atomic mass is 9.97. The molecular weight excluding hydrogens is 257 g/mol. The Morgan fingerprint density at radius 3 is 2.95 bits per heavy atom. The van der Waals surface area contributed by atoms with Gasteiger partial charge in [-0.3, -0.25) is 4.79 Å². The number of hydrogen-bond acceptors (Lipinski definition) is 2. The van der Waals surface area contributed by atoms with Crippen molar-refractivity contribution in [2.24, 2.45) is 11.8 Å². The highest BCUT2D eigenvalue weighted by Gasteiger charge is 2.40. The number of fused-ring (bicyclic) bond motifs is 1. The van der Waals surface area contributed by atoms with Crippen molar-refractivity contribution < 1.29 is 13.9 Å². The third-order valence-corrected chi connectivity index (χ3v) is 4.82. The summed E-state index contributed by atoms with van der Waals surface area (Å²) in [5.74, 6) is 0.753. The van der Waals surface area contributed by atoms with Crippen LogP contribution < -0.4 is 10.1 Å². The molecule has 108 valence electrons. The summed E-state index contributed by atoms with van der Waals surface area (Å²) in [6.07, 6.45) is 5.91. The van der Waals surface area contributed by atoms with Crippen LogP contribution in [0.3, 0.4) is 0 Å². The van der Waals surface area contributed by atoms with Crippen LogP contribution >= 0.6 is 0 Å². The van der Waals surface area contributed by atoms with Gasteiger partial charge in [0.15, 0.2) is 0 Å². The van der Waals surface area contributed by atoms with Crippen molar-refractivity contribution in [3.05, 3.63) is 29.6 Å². The first kappa shape index (κ1) is 13.4. The van der Waals surface area contributed by atoms with Crippen LogP contribution in [0.15, 0.2) is 18.2 Å². The highest BCUT2D eigenvalue weighted by molar-refractivity contribution is 5.97. The molecule has 0 spiro atoms. The van der Waals surface area contributed by atoms with Gasteiger partial charge in [0.2, 0.25) is 0 Å². The van der Waals surface area contributed by atoms with E-state index in [2.05, 4.69) is 5.32 Å². The van der Waals surface area contributed by atoms with Crippen molar-refractivity contribution in [2.75, 3.05) is 7.11 Å². The number of carbonyl (C=O) groups is 1. The van der Waals surface area contributed by atoms with E-state index in [0.29, 0.717) is 11.7 Å². The first-order valence-electron chi connectivity index (χ1n) is 7.34. The van der Waals surface area contributed by atoms with E-state index in [1.807, 2.05) is 0 Å². The average Bonchev–Trinajstić information content (AvgIpc) is 3.03. The predicted octanol–water partition coefficient (Wildman–Crippen LogP) is 3.14. The minimum atomic E-state index is -0.525. The van der Waals surface area contributed by atoms with E-state index >= 15 is 0 Å². The van der Waals surface area contributed by atoms with Crippen molar-refractivity contribution in [2.45, 2.75) is 38.1 Å². The van der Waals surface area contributed by atoms with Gasteiger partial charge in [-0.25, -0.2) is 4.39 Å². The van der Waals surface area contributed by atoms with Gasteiger partial charge in [-0.1, -0.05) is 18.9 Å². The molecule has 2 aliphatic rings. The zero-order chi connectivity index (χ0) is 14.1. The van der Waals surface area contributed by atoms with Gasteiger partial charge in [0.1, 0.15) is 17.1 Å². The quantitative estimate of drug-likeness (QED) is 0.921. The topological polar surface area (TPSA) is 38.3 Å². The maximum Gasteiger partial charge on any atom is 0.258 e. The molecule has 2 saturated carbocycles. The van der Waals surface area contributed by atoms with Crippen molar-refractivity contribution in [1.82, 2.24) is 5.32 Å². The van der Waals surface area contributed by atoms with Gasteiger partial charge in [0.25, 0.3) is 5.91 Å². The van der Waals surface area contributed by atoms with Gasteiger partial charge in [0.05, 0.1) is 7.11 Å². The zero-order valence-electron chi connectivity index (χ0n) is 11.7. The van der Waals surface area contributed by atoms with Gasteiger partial charge < -0.3 is 10.1 Å². The fourth-order valence-corrected chi connectivity index (χ4v) is 3.88. The van der Waals surface area contributed by atoms with E-state index in [9.17, 15) is 9.18 Å². The lowest BCUT2D eigenvalue weighted by Crippen LogP contribution is -2.38. The standard InChI is InChI=1S/C16H20FNO2/c1-20-14-7-3-6-12(17)15(14)16(19)18-13-9-8-10-4-2-5-11(10)13/h3,6-7,10-11,13H,2,4-5,8-9H2,1H3,(H,18,19)/t10-,11-,13-/m1/s1. The maximum atomic E-state index is 13.9. The molecule has 0 radical (unpaired) electrons. The zero-order valence-corrected chi connectivity index (χ0v) is 11.7. The summed E-state index contributed by atoms with van der Waals surface area (Å²) in [6.45, 7) is 0. The largest absolute Gasteiger partial charge is 0.496 e. The smallest absolute Gasteiger partial charge is 0.258 e. The first-order valence-corrected chi connectivity index (χ1v) is 7.34. The number of nitrogens with one attached hydrogen (secondary N) is 1. The molecule has 0 bridgehead atoms. The summed E-state index contributed by atoms with van der Waals surface area (Å²) in [5, 5.41) is 3.02. The Hall–Kier alpha value is -1.58. The molecule has 4 heteroatoms. The third-order valence-electron chi connectivity index (χ3n) is 4.82. The second kappa shape index (κ2) is 5.43. The Kier molecular flexibility index (Phi) is 3.64. The van der Waals surface area contributed by atoms with Crippen LogP contribution in [0.1, 0.15) is 42.5 Å². The predicted molar refractivity (Wildman–Crippen MR) is 74.3 cm³/mol. The number of benzene rings is 1. The van der Waals surface area contributed by atoms with E-state index in [1.165, 1.54) is 38.9 Å². The minimum Gasteiger partial charge on any atom is -0.496 e. The number of halogens is 1. The number of methoxy groups -OCH3 is 1. The second-order valence-electron chi connectivity index (χ2n) is 5.83. The number of carbonyl (C=O) groups excluding carboxylic acids is 1. The summed E-state index contributed by atoms with van der Waals surface area (Å²) < 4.78 is 19.0. The number of ether oxygens (including phenoxy) is 1. The summed E-state index contributed by atoms with van der Waals surface area (Å²) >= 11 is 0. The molecular formula is C16H20FNO2. The second-order valence-corrected chi connectivity index (χ2v) is 5.83. The van der Waals surface area contributed by atoms with Crippen molar-refractivity contribution in [3.63, 3.8) is 0 Å². The molecule has 1 N–H and O–H groups in total. The van der Waals surface area contributed by atoms with E-state index in [4.69, 9.17) is 4.74 Å². The van der Waals surface area contributed by atoms with Crippen molar-refractivity contribution in [1.29, 1.82) is 0 Å². The minimum absolute atomic E-state index is 0.0245. The molecule has 2 fully saturated rings. The molecule has 0 heterocycles. The van der Waals surface area contributed by atoms with E-state index in [0.717, 1.165) is 12.3 Å². The molecule has 0 aliphatic heterocycles. The first-order chi connectivity index (χ1) is 9.70. The van der Waals surface area contributed by atoms with E-state index in [1.54, 1.807) is 12.1 Å². The van der Waals surface area contributed by atoms with Gasteiger partial charge in [-0.15, -0.1) is 0 Å². The maximum absolute atomic E-state index is 13.9. The van der Waals surface area contributed by atoms with Gasteiger partial charge >= 0.3 is 0 Å². The highest BCUT2D eigenvalue weighted by atomic mass is 19.1. The van der Waals surface area contributed by atoms with Gasteiger partial charge in [0, 0.05) is 6.04 Å². The molecule has 0 unspecified atom stereocenters. The van der Waals surface area contributed by atoms with E-state index in [-0.39, 0.29) is 17.5 Å². The Labute approximate surface area is 118 Å². The van der Waals surface area contributed by atoms with Crippen LogP contribution in [0.5, 0.6) is 5.75 Å². The number of rotatable bonds is 3. The van der Waals surface area contributed by atoms with Crippen molar-refractivity contribution in [3.8, 4) is 5.75 Å². The molecule has 3 rings (SSSR count). The van der Waals surface area contributed by atoms with Gasteiger partial charge in [-0.05, 0) is 43.2 Å². The fraction of sp³-hybridized carbons (Fsp3) is 0.562. The number of hydrogen-bond donors (Lipinski definition) is 1. The Morgan fingerprint density at radius 1 is 1.30 bits per heavy atom. The molecule has 3 atom stereocenters. The van der Waals surface area contributed by atoms with Crippen LogP contribution in [0.25, 0.3) is 0 Å². The molecule has 2 aliphatic carbocycles. The SMILES string of the molecule is COc1cccc(F)c1C(=O)N[C@@H]1CC[C@H]2CCC[C@H]21. The summed E-state index contributed by atoms with van der Waals surface area (Å²) in [7, 11) is 1.45. The van der Waals surface area contributed by atoms with Gasteiger partial charge in [-0.2, -0.15) is 0 Å². The summed E-state index contributed by atoms with van der Waals surface area (Å²) in [5.41, 5.74) is 0.0245. The Balaban J connectivity index is 1.77. The van der Waals surface area contributed by atoms with E-state index < -0.39 is 5.82 Å². The molecule has 1 aromatic carbocycles. The van der Waals surface area contributed by atoms with Crippen LogP contribution in [-0.4, -0.2) is 19.1 Å². The van der Waals surface area contributed by atoms with Crippen LogP contribution in [-0.2, 0) is 0 Å². The Bertz CT molecular complexity index is 517. The summed E-state index contributed by atoms with van der Waals surface area (Å²) in [6, 6.07) is 4.66. The van der Waals surface area contributed by atoms with Crippen LogP contribution in [0.4, 0.5) is 4.39 Å². The third kappa shape index (κ3) is 2.28. The normalized spacial score (nSPS) is 28.2. The van der Waals surface area contributed by atoms with Crippen molar-refractivity contribution >= 4 is 5.91 Å². The molecule has 0 saturated heterocycles. The van der Waals surface area contributed by atoms with Crippen LogP contribution in [0, 0.1) is 17.7 Å². The molecule has 20 heavy (non-hydrogen) atoms. The molecule has 1 aromatic rings. The molecule has 3 nitrogen and oxygen atoms in total.